The van der Waals surface area contributed by atoms with Gasteiger partial charge >= 0.3 is 0 Å². The Kier molecular flexibility index (Phi) is 13.8. The minimum atomic E-state index is -1.02. The van der Waals surface area contributed by atoms with Gasteiger partial charge < -0.3 is 15.7 Å². The van der Waals surface area contributed by atoms with Gasteiger partial charge in [-0.15, -0.1) is 24.0 Å². The molecule has 1 atom stereocenters. The summed E-state index contributed by atoms with van der Waals surface area (Å²) in [4.78, 5) is 4.54. The monoisotopic (exact) mass is 479 g/mol. The van der Waals surface area contributed by atoms with Crippen molar-refractivity contribution in [3.63, 3.8) is 0 Å². The van der Waals surface area contributed by atoms with Crippen molar-refractivity contribution in [1.82, 2.24) is 20.4 Å². The third kappa shape index (κ3) is 10.4. The average Bonchev–Trinajstić information content (AvgIpc) is 3.02. The number of unbranched alkanes of at least 4 members (excludes halogenated alkanes) is 6. The second-order valence-electron chi connectivity index (χ2n) is 6.92. The lowest BCUT2D eigenvalue weighted by Crippen LogP contribution is -2.39. The first-order valence-electron chi connectivity index (χ1n) is 9.73. The van der Waals surface area contributed by atoms with E-state index in [-0.39, 0.29) is 24.0 Å². The Bertz CT molecular complexity index is 502. The van der Waals surface area contributed by atoms with Gasteiger partial charge in [0.15, 0.2) is 5.96 Å². The SMILES string of the molecule is CCCCCCCCCNC(=NCC(C)(O)c1cnn(C)c1)NCC.I. The zero-order chi connectivity index (χ0) is 18.5. The van der Waals surface area contributed by atoms with Crippen molar-refractivity contribution < 1.29 is 5.11 Å². The maximum absolute atomic E-state index is 10.6. The summed E-state index contributed by atoms with van der Waals surface area (Å²) < 4.78 is 1.69. The van der Waals surface area contributed by atoms with E-state index >= 15 is 0 Å². The van der Waals surface area contributed by atoms with Crippen molar-refractivity contribution in [2.75, 3.05) is 19.6 Å². The Morgan fingerprint density at radius 2 is 1.81 bits per heavy atom. The number of aliphatic imine (C=N–C) groups is 1. The van der Waals surface area contributed by atoms with Crippen LogP contribution in [0.3, 0.4) is 0 Å². The van der Waals surface area contributed by atoms with Gasteiger partial charge in [-0.1, -0.05) is 45.4 Å². The highest BCUT2D eigenvalue weighted by atomic mass is 127. The summed E-state index contributed by atoms with van der Waals surface area (Å²) in [6, 6.07) is 0. The van der Waals surface area contributed by atoms with Gasteiger partial charge in [0.05, 0.1) is 12.7 Å². The number of rotatable bonds is 12. The molecule has 0 fully saturated rings. The van der Waals surface area contributed by atoms with E-state index < -0.39 is 5.60 Å². The zero-order valence-corrected chi connectivity index (χ0v) is 19.3. The Labute approximate surface area is 176 Å². The smallest absolute Gasteiger partial charge is 0.191 e. The molecule has 0 amide bonds. The number of aliphatic hydroxyl groups is 1. The fourth-order valence-corrected chi connectivity index (χ4v) is 2.65. The van der Waals surface area contributed by atoms with E-state index in [1.54, 1.807) is 17.8 Å². The molecule has 1 rings (SSSR count). The van der Waals surface area contributed by atoms with Gasteiger partial charge in [0.25, 0.3) is 0 Å². The predicted molar refractivity (Wildman–Crippen MR) is 120 cm³/mol. The minimum absolute atomic E-state index is 0. The number of guanidine groups is 1. The van der Waals surface area contributed by atoms with Crippen molar-refractivity contribution in [1.29, 1.82) is 0 Å². The zero-order valence-electron chi connectivity index (χ0n) is 16.9. The van der Waals surface area contributed by atoms with Gasteiger partial charge in [-0.25, -0.2) is 4.99 Å². The summed E-state index contributed by atoms with van der Waals surface area (Å²) >= 11 is 0. The number of nitrogens with one attached hydrogen (secondary N) is 2. The molecule has 0 aliphatic carbocycles. The topological polar surface area (TPSA) is 74.5 Å². The summed E-state index contributed by atoms with van der Waals surface area (Å²) in [5, 5.41) is 21.3. The molecular weight excluding hydrogens is 441 g/mol. The van der Waals surface area contributed by atoms with Crippen LogP contribution in [-0.2, 0) is 12.6 Å². The third-order valence-electron chi connectivity index (χ3n) is 4.29. The van der Waals surface area contributed by atoms with E-state index in [1.807, 2.05) is 20.2 Å². The fraction of sp³-hybridized carbons (Fsp3) is 0.789. The van der Waals surface area contributed by atoms with E-state index in [4.69, 9.17) is 0 Å². The lowest BCUT2D eigenvalue weighted by atomic mass is 10.0. The average molecular weight is 479 g/mol. The molecule has 152 valence electrons. The number of nitrogens with zero attached hydrogens (tertiary/aromatic N) is 3. The van der Waals surface area contributed by atoms with Crippen LogP contribution < -0.4 is 10.6 Å². The Morgan fingerprint density at radius 1 is 1.15 bits per heavy atom. The maximum Gasteiger partial charge on any atom is 0.191 e. The van der Waals surface area contributed by atoms with E-state index in [0.29, 0.717) is 6.54 Å². The molecule has 0 aliphatic rings. The molecule has 0 aliphatic heterocycles. The highest BCUT2D eigenvalue weighted by Gasteiger charge is 2.24. The van der Waals surface area contributed by atoms with E-state index in [0.717, 1.165) is 31.0 Å². The van der Waals surface area contributed by atoms with Crippen LogP contribution in [0.5, 0.6) is 0 Å². The summed E-state index contributed by atoms with van der Waals surface area (Å²) in [5.41, 5.74) is -0.239. The van der Waals surface area contributed by atoms with Gasteiger partial charge in [0, 0.05) is 31.9 Å². The number of hydrogen-bond donors (Lipinski definition) is 3. The van der Waals surface area contributed by atoms with Crippen LogP contribution in [0.15, 0.2) is 17.4 Å². The molecular formula is C19H38IN5O. The van der Waals surface area contributed by atoms with Crippen LogP contribution in [0, 0.1) is 0 Å². The third-order valence-corrected chi connectivity index (χ3v) is 4.29. The molecule has 1 unspecified atom stereocenters. The first-order valence-corrected chi connectivity index (χ1v) is 9.73. The minimum Gasteiger partial charge on any atom is -0.383 e. The molecule has 1 aromatic heterocycles. The predicted octanol–water partition coefficient (Wildman–Crippen LogP) is 3.55. The van der Waals surface area contributed by atoms with Gasteiger partial charge in [-0.3, -0.25) is 4.68 Å². The van der Waals surface area contributed by atoms with Gasteiger partial charge in [-0.05, 0) is 20.3 Å². The first kappa shape index (κ1) is 25.2. The van der Waals surface area contributed by atoms with Crippen molar-refractivity contribution in [2.24, 2.45) is 12.0 Å². The van der Waals surface area contributed by atoms with Crippen LogP contribution in [-0.4, -0.2) is 40.5 Å². The lowest BCUT2D eigenvalue weighted by molar-refractivity contribution is 0.0672. The van der Waals surface area contributed by atoms with Gasteiger partial charge in [0.1, 0.15) is 5.60 Å². The van der Waals surface area contributed by atoms with Crippen molar-refractivity contribution in [2.45, 2.75) is 71.3 Å². The van der Waals surface area contributed by atoms with E-state index in [1.165, 1.54) is 38.5 Å². The highest BCUT2D eigenvalue weighted by Crippen LogP contribution is 2.19. The van der Waals surface area contributed by atoms with Crippen LogP contribution >= 0.6 is 24.0 Å². The van der Waals surface area contributed by atoms with E-state index in [2.05, 4.69) is 27.6 Å². The Balaban J connectivity index is 0.00000625. The lowest BCUT2D eigenvalue weighted by Gasteiger charge is -2.20. The molecule has 0 saturated heterocycles. The van der Waals surface area contributed by atoms with Crippen LogP contribution in [0.4, 0.5) is 0 Å². The molecule has 3 N–H and O–H groups in total. The number of halogens is 1. The number of hydrogen-bond acceptors (Lipinski definition) is 3. The largest absolute Gasteiger partial charge is 0.383 e. The molecule has 26 heavy (non-hydrogen) atoms. The molecule has 1 heterocycles. The number of aromatic nitrogens is 2. The van der Waals surface area contributed by atoms with Crippen LogP contribution in [0.25, 0.3) is 0 Å². The highest BCUT2D eigenvalue weighted by molar-refractivity contribution is 14.0. The summed E-state index contributed by atoms with van der Waals surface area (Å²) in [6.45, 7) is 8.08. The molecule has 1 aromatic rings. The molecule has 0 radical (unpaired) electrons. The summed E-state index contributed by atoms with van der Waals surface area (Å²) in [6.07, 6.45) is 12.6. The maximum atomic E-state index is 10.6. The summed E-state index contributed by atoms with van der Waals surface area (Å²) in [5.74, 6) is 0.762. The standard InChI is InChI=1S/C19H37N5O.HI/c1-5-7-8-9-10-11-12-13-21-18(20-6-2)22-16-19(3,25)17-14-23-24(4)15-17;/h14-15,25H,5-13,16H2,1-4H3,(H2,20,21,22);1H. The fourth-order valence-electron chi connectivity index (χ4n) is 2.65. The van der Waals surface area contributed by atoms with Gasteiger partial charge in [0.2, 0.25) is 0 Å². The second kappa shape index (κ2) is 14.3. The normalized spacial score (nSPS) is 13.8. The Hall–Kier alpha value is -0.830. The van der Waals surface area contributed by atoms with Crippen LogP contribution in [0.1, 0.15) is 71.3 Å². The van der Waals surface area contributed by atoms with Crippen LogP contribution in [0.2, 0.25) is 0 Å². The molecule has 0 saturated carbocycles. The van der Waals surface area contributed by atoms with Crippen molar-refractivity contribution in [3.8, 4) is 0 Å². The summed E-state index contributed by atoms with van der Waals surface area (Å²) in [7, 11) is 1.84. The van der Waals surface area contributed by atoms with E-state index in [9.17, 15) is 5.11 Å². The van der Waals surface area contributed by atoms with Gasteiger partial charge in [-0.2, -0.15) is 5.10 Å². The quantitative estimate of drug-likeness (QED) is 0.186. The molecule has 0 spiro atoms. The first-order chi connectivity index (χ1) is 12.0. The molecule has 6 nitrogen and oxygen atoms in total. The van der Waals surface area contributed by atoms with Crippen molar-refractivity contribution in [3.05, 3.63) is 18.0 Å². The second-order valence-corrected chi connectivity index (χ2v) is 6.92. The molecule has 0 aromatic carbocycles. The number of aryl methyl sites for hydroxylation is 1. The molecule has 0 bridgehead atoms. The molecule has 7 heteroatoms. The van der Waals surface area contributed by atoms with Crippen molar-refractivity contribution >= 4 is 29.9 Å². The Morgan fingerprint density at radius 3 is 2.38 bits per heavy atom.